The van der Waals surface area contributed by atoms with E-state index in [9.17, 15) is 23.9 Å². The number of aromatic nitrogens is 1. The standard InChI is InChI=1S/C26H32FN3O4/c1-14-12-17(7-9-19(14)27)28-25(33)22-16(3)23(30-11-5-4-6-20(22)30)24(32)26(34)29-18-8-10-21(31)15(2)13-18/h7,9,12,15,18,21,31H,4-6,8,10-11,13H2,1-3H3,(H,28,33)(H,29,34)/t15?,18-,21-/m0/s1. The van der Waals surface area contributed by atoms with Crippen LogP contribution in [0.2, 0.25) is 0 Å². The van der Waals surface area contributed by atoms with Crippen molar-refractivity contribution < 1.29 is 23.9 Å². The molecule has 7 nitrogen and oxygen atoms in total. The maximum atomic E-state index is 13.6. The fourth-order valence-corrected chi connectivity index (χ4v) is 5.26. The van der Waals surface area contributed by atoms with Crippen LogP contribution in [0, 0.1) is 25.6 Å². The Morgan fingerprint density at radius 2 is 1.91 bits per heavy atom. The number of aliphatic hydroxyl groups is 1. The molecule has 3 atom stereocenters. The second-order valence-corrected chi connectivity index (χ2v) is 9.68. The molecule has 3 N–H and O–H groups in total. The summed E-state index contributed by atoms with van der Waals surface area (Å²) in [6.45, 7) is 5.83. The predicted molar refractivity (Wildman–Crippen MR) is 126 cm³/mol. The number of hydrogen-bond acceptors (Lipinski definition) is 4. The summed E-state index contributed by atoms with van der Waals surface area (Å²) in [4.78, 5) is 39.4. The number of fused-ring (bicyclic) bond motifs is 1. The van der Waals surface area contributed by atoms with E-state index in [4.69, 9.17) is 0 Å². The number of aliphatic hydroxyl groups excluding tert-OH is 1. The Bertz CT molecular complexity index is 1140. The maximum Gasteiger partial charge on any atom is 0.294 e. The topological polar surface area (TPSA) is 100 Å². The van der Waals surface area contributed by atoms with Crippen LogP contribution in [0.5, 0.6) is 0 Å². The monoisotopic (exact) mass is 469 g/mol. The summed E-state index contributed by atoms with van der Waals surface area (Å²) in [6, 6.07) is 4.21. The number of nitrogens with one attached hydrogen (secondary N) is 2. The maximum absolute atomic E-state index is 13.6. The zero-order valence-corrected chi connectivity index (χ0v) is 19.9. The Morgan fingerprint density at radius 3 is 2.62 bits per heavy atom. The van der Waals surface area contributed by atoms with Gasteiger partial charge in [-0.2, -0.15) is 0 Å². The normalized spacial score (nSPS) is 22.1. The molecule has 0 spiro atoms. The molecule has 0 radical (unpaired) electrons. The van der Waals surface area contributed by atoms with E-state index >= 15 is 0 Å². The van der Waals surface area contributed by atoms with Crippen LogP contribution in [0.3, 0.4) is 0 Å². The Balaban J connectivity index is 1.59. The molecule has 1 unspecified atom stereocenters. The molecule has 1 aromatic carbocycles. The van der Waals surface area contributed by atoms with Crippen molar-refractivity contribution in [1.82, 2.24) is 9.88 Å². The van der Waals surface area contributed by atoms with Gasteiger partial charge in [0, 0.05) is 24.0 Å². The highest BCUT2D eigenvalue weighted by Gasteiger charge is 2.34. The number of aryl methyl sites for hydroxylation is 1. The van der Waals surface area contributed by atoms with E-state index in [1.54, 1.807) is 19.9 Å². The second-order valence-electron chi connectivity index (χ2n) is 9.68. The second kappa shape index (κ2) is 9.70. The van der Waals surface area contributed by atoms with Gasteiger partial charge in [0.15, 0.2) is 0 Å². The van der Waals surface area contributed by atoms with Gasteiger partial charge in [0.25, 0.3) is 17.6 Å². The summed E-state index contributed by atoms with van der Waals surface area (Å²) in [6.07, 6.45) is 3.85. The number of Topliss-reactive ketones (excluding diaryl/α,β-unsaturated/α-hetero) is 1. The molecule has 34 heavy (non-hydrogen) atoms. The first-order valence-corrected chi connectivity index (χ1v) is 12.0. The van der Waals surface area contributed by atoms with Crippen LogP contribution >= 0.6 is 0 Å². The average molecular weight is 470 g/mol. The van der Waals surface area contributed by atoms with Gasteiger partial charge >= 0.3 is 0 Å². The van der Waals surface area contributed by atoms with Gasteiger partial charge in [-0.15, -0.1) is 0 Å². The van der Waals surface area contributed by atoms with Crippen LogP contribution in [-0.4, -0.2) is 39.4 Å². The van der Waals surface area contributed by atoms with Crippen molar-refractivity contribution in [3.63, 3.8) is 0 Å². The SMILES string of the molecule is Cc1cc(NC(=O)c2c(C)c(C(=O)C(=O)N[C@H]3CC[C@H](O)C(C)C3)n3c2CCCC3)ccc1F. The molecule has 1 saturated carbocycles. The zero-order valence-electron chi connectivity index (χ0n) is 19.9. The number of anilines is 1. The Hall–Kier alpha value is -3.00. The highest BCUT2D eigenvalue weighted by atomic mass is 19.1. The van der Waals surface area contributed by atoms with Crippen LogP contribution < -0.4 is 10.6 Å². The summed E-state index contributed by atoms with van der Waals surface area (Å²) < 4.78 is 15.4. The lowest BCUT2D eigenvalue weighted by atomic mass is 9.84. The van der Waals surface area contributed by atoms with Crippen LogP contribution in [-0.2, 0) is 17.8 Å². The Morgan fingerprint density at radius 1 is 1.15 bits per heavy atom. The Labute approximate surface area is 198 Å². The van der Waals surface area contributed by atoms with Gasteiger partial charge in [0.05, 0.1) is 17.4 Å². The van der Waals surface area contributed by atoms with Crippen molar-refractivity contribution >= 4 is 23.3 Å². The quantitative estimate of drug-likeness (QED) is 0.459. The number of halogens is 1. The molecule has 2 aliphatic rings. The summed E-state index contributed by atoms with van der Waals surface area (Å²) in [5.74, 6) is -1.98. The van der Waals surface area contributed by atoms with E-state index in [1.165, 1.54) is 12.1 Å². The summed E-state index contributed by atoms with van der Waals surface area (Å²) in [5, 5.41) is 15.6. The van der Waals surface area contributed by atoms with Gasteiger partial charge < -0.3 is 20.3 Å². The van der Waals surface area contributed by atoms with Crippen molar-refractivity contribution in [1.29, 1.82) is 0 Å². The molecule has 1 fully saturated rings. The number of hydrogen-bond donors (Lipinski definition) is 3. The van der Waals surface area contributed by atoms with Gasteiger partial charge in [-0.25, -0.2) is 4.39 Å². The Kier molecular flexibility index (Phi) is 6.89. The number of benzene rings is 1. The van der Waals surface area contributed by atoms with Crippen LogP contribution in [0.1, 0.15) is 76.7 Å². The molecule has 1 aromatic heterocycles. The van der Waals surface area contributed by atoms with E-state index in [0.29, 0.717) is 54.6 Å². The third-order valence-electron chi connectivity index (χ3n) is 7.18. The van der Waals surface area contributed by atoms with Crippen molar-refractivity contribution in [2.75, 3.05) is 5.32 Å². The lowest BCUT2D eigenvalue weighted by Gasteiger charge is -2.31. The van der Waals surface area contributed by atoms with E-state index in [0.717, 1.165) is 18.5 Å². The highest BCUT2D eigenvalue weighted by molar-refractivity contribution is 6.43. The fourth-order valence-electron chi connectivity index (χ4n) is 5.26. The number of carbonyl (C=O) groups is 3. The van der Waals surface area contributed by atoms with Crippen molar-refractivity contribution in [3.05, 3.63) is 52.1 Å². The van der Waals surface area contributed by atoms with Crippen LogP contribution in [0.4, 0.5) is 10.1 Å². The summed E-state index contributed by atoms with van der Waals surface area (Å²) in [7, 11) is 0. The van der Waals surface area contributed by atoms with E-state index < -0.39 is 11.7 Å². The first kappa shape index (κ1) is 24.1. The minimum atomic E-state index is -0.677. The lowest BCUT2D eigenvalue weighted by Crippen LogP contribution is -2.44. The predicted octanol–water partition coefficient (Wildman–Crippen LogP) is 3.68. The molecule has 1 aliphatic carbocycles. The minimum Gasteiger partial charge on any atom is -0.393 e. The van der Waals surface area contributed by atoms with Gasteiger partial charge in [0.1, 0.15) is 5.82 Å². The lowest BCUT2D eigenvalue weighted by molar-refractivity contribution is -0.118. The fraction of sp³-hybridized carbons (Fsp3) is 0.500. The molecule has 2 heterocycles. The van der Waals surface area contributed by atoms with E-state index in [-0.39, 0.29) is 35.5 Å². The first-order chi connectivity index (χ1) is 16.2. The van der Waals surface area contributed by atoms with E-state index in [1.807, 2.05) is 11.5 Å². The number of nitrogens with zero attached hydrogens (tertiary/aromatic N) is 1. The van der Waals surface area contributed by atoms with Gasteiger partial charge in [-0.1, -0.05) is 6.92 Å². The highest BCUT2D eigenvalue weighted by Crippen LogP contribution is 2.30. The number of carbonyl (C=O) groups excluding carboxylic acids is 3. The van der Waals surface area contributed by atoms with Crippen LogP contribution in [0.25, 0.3) is 0 Å². The number of rotatable bonds is 5. The smallest absolute Gasteiger partial charge is 0.294 e. The van der Waals surface area contributed by atoms with E-state index in [2.05, 4.69) is 10.6 Å². The third-order valence-corrected chi connectivity index (χ3v) is 7.18. The third kappa shape index (κ3) is 4.64. The molecule has 0 saturated heterocycles. The number of amides is 2. The minimum absolute atomic E-state index is 0.0577. The van der Waals surface area contributed by atoms with Crippen molar-refractivity contribution in [2.45, 2.75) is 78.0 Å². The molecule has 2 amide bonds. The van der Waals surface area contributed by atoms with Gasteiger partial charge in [0.2, 0.25) is 0 Å². The molecule has 8 heteroatoms. The zero-order chi connectivity index (χ0) is 24.6. The molecule has 182 valence electrons. The van der Waals surface area contributed by atoms with Crippen molar-refractivity contribution in [2.24, 2.45) is 5.92 Å². The van der Waals surface area contributed by atoms with Crippen molar-refractivity contribution in [3.8, 4) is 0 Å². The molecular formula is C26H32FN3O4. The summed E-state index contributed by atoms with van der Waals surface area (Å²) >= 11 is 0. The summed E-state index contributed by atoms with van der Waals surface area (Å²) in [5.41, 5.74) is 2.80. The molecular weight excluding hydrogens is 437 g/mol. The molecule has 1 aliphatic heterocycles. The molecule has 0 bridgehead atoms. The molecule has 2 aromatic rings. The largest absolute Gasteiger partial charge is 0.393 e. The molecule has 4 rings (SSSR count). The first-order valence-electron chi connectivity index (χ1n) is 12.0. The number of ketones is 1. The van der Waals surface area contributed by atoms with Crippen LogP contribution in [0.15, 0.2) is 18.2 Å². The van der Waals surface area contributed by atoms with Gasteiger partial charge in [-0.05, 0) is 87.6 Å². The van der Waals surface area contributed by atoms with Gasteiger partial charge in [-0.3, -0.25) is 14.4 Å². The average Bonchev–Trinajstić information content (AvgIpc) is 3.10.